The fraction of sp³-hybridized carbons (Fsp3) is 0.933. The normalized spacial score (nSPS) is 33.1. The maximum Gasteiger partial charge on any atom is 0.310 e. The van der Waals surface area contributed by atoms with E-state index in [0.717, 1.165) is 32.4 Å². The smallest absolute Gasteiger partial charge is 0.310 e. The molecular weight excluding hydrogens is 242 g/mol. The van der Waals surface area contributed by atoms with Gasteiger partial charge in [-0.3, -0.25) is 9.69 Å². The number of ether oxygens (including phenoxy) is 2. The van der Waals surface area contributed by atoms with Crippen molar-refractivity contribution in [3.63, 3.8) is 0 Å². The fourth-order valence-electron chi connectivity index (χ4n) is 3.46. The zero-order valence-corrected chi connectivity index (χ0v) is 12.3. The Labute approximate surface area is 116 Å². The van der Waals surface area contributed by atoms with Crippen LogP contribution in [0.2, 0.25) is 0 Å². The minimum atomic E-state index is -0.00805. The average molecular weight is 269 g/mol. The van der Waals surface area contributed by atoms with Crippen molar-refractivity contribution in [2.75, 3.05) is 26.8 Å². The molecule has 1 aliphatic heterocycles. The van der Waals surface area contributed by atoms with Gasteiger partial charge in [-0.1, -0.05) is 0 Å². The maximum absolute atomic E-state index is 11.9. The van der Waals surface area contributed by atoms with Crippen LogP contribution < -0.4 is 0 Å². The summed E-state index contributed by atoms with van der Waals surface area (Å²) in [7, 11) is 1.81. The van der Waals surface area contributed by atoms with Gasteiger partial charge in [0.15, 0.2) is 0 Å². The van der Waals surface area contributed by atoms with Gasteiger partial charge in [-0.25, -0.2) is 0 Å². The zero-order valence-electron chi connectivity index (χ0n) is 12.3. The van der Waals surface area contributed by atoms with Crippen LogP contribution in [-0.2, 0) is 14.3 Å². The minimum Gasteiger partial charge on any atom is -0.466 e. The Kier molecular flexibility index (Phi) is 5.64. The lowest BCUT2D eigenvalue weighted by Crippen LogP contribution is -2.47. The van der Waals surface area contributed by atoms with Gasteiger partial charge in [0.25, 0.3) is 0 Å². The molecule has 0 radical (unpaired) electrons. The summed E-state index contributed by atoms with van der Waals surface area (Å²) in [6.45, 7) is 4.37. The highest BCUT2D eigenvalue weighted by molar-refractivity contribution is 5.72. The van der Waals surface area contributed by atoms with E-state index in [1.807, 2.05) is 14.0 Å². The zero-order chi connectivity index (χ0) is 13.7. The lowest BCUT2D eigenvalue weighted by molar-refractivity contribution is -0.150. The molecule has 0 aromatic rings. The third-order valence-electron chi connectivity index (χ3n) is 4.52. The maximum atomic E-state index is 11.9. The molecule has 2 aliphatic rings. The first-order valence-electron chi connectivity index (χ1n) is 7.68. The fourth-order valence-corrected chi connectivity index (χ4v) is 3.46. The van der Waals surface area contributed by atoms with Crippen molar-refractivity contribution in [1.82, 2.24) is 4.90 Å². The monoisotopic (exact) mass is 269 g/mol. The topological polar surface area (TPSA) is 38.8 Å². The van der Waals surface area contributed by atoms with Crippen molar-refractivity contribution in [2.24, 2.45) is 5.92 Å². The number of piperidine rings is 1. The van der Waals surface area contributed by atoms with Crippen molar-refractivity contribution in [1.29, 1.82) is 0 Å². The molecule has 2 fully saturated rings. The quantitative estimate of drug-likeness (QED) is 0.734. The number of hydrogen-bond acceptors (Lipinski definition) is 4. The van der Waals surface area contributed by atoms with Gasteiger partial charge >= 0.3 is 5.97 Å². The predicted molar refractivity (Wildman–Crippen MR) is 74.0 cm³/mol. The molecule has 110 valence electrons. The van der Waals surface area contributed by atoms with Crippen LogP contribution in [0.15, 0.2) is 0 Å². The molecule has 1 aliphatic carbocycles. The number of methoxy groups -OCH3 is 1. The molecule has 0 bridgehead atoms. The number of carbonyl (C=O) groups excluding carboxylic acids is 1. The molecule has 0 spiro atoms. The van der Waals surface area contributed by atoms with Crippen LogP contribution in [0.3, 0.4) is 0 Å². The molecule has 0 N–H and O–H groups in total. The molecular formula is C15H27NO3. The summed E-state index contributed by atoms with van der Waals surface area (Å²) >= 11 is 0. The summed E-state index contributed by atoms with van der Waals surface area (Å²) in [5.74, 6) is 0.0722. The Morgan fingerprint density at radius 1 is 1.26 bits per heavy atom. The summed E-state index contributed by atoms with van der Waals surface area (Å²) in [4.78, 5) is 14.4. The van der Waals surface area contributed by atoms with E-state index in [4.69, 9.17) is 9.47 Å². The lowest BCUT2D eigenvalue weighted by atomic mass is 9.88. The molecule has 19 heavy (non-hydrogen) atoms. The van der Waals surface area contributed by atoms with Crippen LogP contribution in [0.1, 0.15) is 45.4 Å². The number of likely N-dealkylation sites (tertiary alicyclic amines) is 1. The van der Waals surface area contributed by atoms with Crippen LogP contribution in [0.5, 0.6) is 0 Å². The highest BCUT2D eigenvalue weighted by Crippen LogP contribution is 2.28. The van der Waals surface area contributed by atoms with Crippen molar-refractivity contribution in [3.8, 4) is 0 Å². The summed E-state index contributed by atoms with van der Waals surface area (Å²) < 4.78 is 10.7. The molecule has 1 heterocycles. The second-order valence-corrected chi connectivity index (χ2v) is 5.76. The molecule has 2 rings (SSSR count). The van der Waals surface area contributed by atoms with E-state index >= 15 is 0 Å². The molecule has 4 heteroatoms. The Morgan fingerprint density at radius 3 is 2.84 bits per heavy atom. The van der Waals surface area contributed by atoms with E-state index in [1.54, 1.807) is 0 Å². The van der Waals surface area contributed by atoms with E-state index in [1.165, 1.54) is 19.3 Å². The highest BCUT2D eigenvalue weighted by atomic mass is 16.5. The van der Waals surface area contributed by atoms with Gasteiger partial charge in [-0.05, 0) is 52.0 Å². The Morgan fingerprint density at radius 2 is 2.11 bits per heavy atom. The summed E-state index contributed by atoms with van der Waals surface area (Å²) in [5.41, 5.74) is 0. The SMILES string of the molecule is CCOC(=O)C1CCCN(C2CCCC(OC)C2)C1. The summed E-state index contributed by atoms with van der Waals surface area (Å²) in [5, 5.41) is 0. The number of carbonyl (C=O) groups is 1. The molecule has 0 amide bonds. The third kappa shape index (κ3) is 3.93. The van der Waals surface area contributed by atoms with Crippen molar-refractivity contribution < 1.29 is 14.3 Å². The molecule has 1 saturated heterocycles. The Balaban J connectivity index is 1.87. The second kappa shape index (κ2) is 7.25. The number of esters is 1. The Hall–Kier alpha value is -0.610. The van der Waals surface area contributed by atoms with Crippen LogP contribution in [0.4, 0.5) is 0 Å². The van der Waals surface area contributed by atoms with Crippen LogP contribution >= 0.6 is 0 Å². The highest BCUT2D eigenvalue weighted by Gasteiger charge is 2.33. The van der Waals surface area contributed by atoms with Crippen molar-refractivity contribution in [3.05, 3.63) is 0 Å². The molecule has 3 unspecified atom stereocenters. The molecule has 4 nitrogen and oxygen atoms in total. The minimum absolute atomic E-state index is 0.00805. The van der Waals surface area contributed by atoms with E-state index < -0.39 is 0 Å². The van der Waals surface area contributed by atoms with E-state index in [-0.39, 0.29) is 11.9 Å². The van der Waals surface area contributed by atoms with E-state index in [9.17, 15) is 4.79 Å². The van der Waals surface area contributed by atoms with Crippen LogP contribution in [-0.4, -0.2) is 49.8 Å². The van der Waals surface area contributed by atoms with E-state index in [2.05, 4.69) is 4.90 Å². The Bertz CT molecular complexity index is 295. The number of hydrogen-bond donors (Lipinski definition) is 0. The average Bonchev–Trinajstić information content (AvgIpc) is 2.48. The first-order valence-corrected chi connectivity index (χ1v) is 7.68. The van der Waals surface area contributed by atoms with Gasteiger partial charge in [-0.2, -0.15) is 0 Å². The van der Waals surface area contributed by atoms with Crippen LogP contribution in [0, 0.1) is 5.92 Å². The van der Waals surface area contributed by atoms with Gasteiger partial charge in [0, 0.05) is 19.7 Å². The predicted octanol–water partition coefficient (Wildman–Crippen LogP) is 2.22. The summed E-state index contributed by atoms with van der Waals surface area (Å²) in [6, 6.07) is 0.593. The lowest BCUT2D eigenvalue weighted by Gasteiger charge is -2.41. The second-order valence-electron chi connectivity index (χ2n) is 5.76. The third-order valence-corrected chi connectivity index (χ3v) is 4.52. The van der Waals surface area contributed by atoms with Gasteiger partial charge < -0.3 is 9.47 Å². The number of rotatable bonds is 4. The molecule has 0 aromatic heterocycles. The van der Waals surface area contributed by atoms with Gasteiger partial charge in [0.05, 0.1) is 18.6 Å². The van der Waals surface area contributed by atoms with Crippen molar-refractivity contribution >= 4 is 5.97 Å². The van der Waals surface area contributed by atoms with Gasteiger partial charge in [0.2, 0.25) is 0 Å². The number of nitrogens with zero attached hydrogens (tertiary/aromatic N) is 1. The standard InChI is InChI=1S/C15H27NO3/c1-3-19-15(17)12-6-5-9-16(11-12)13-7-4-8-14(10-13)18-2/h12-14H,3-11H2,1-2H3. The van der Waals surface area contributed by atoms with Crippen LogP contribution in [0.25, 0.3) is 0 Å². The van der Waals surface area contributed by atoms with Gasteiger partial charge in [-0.15, -0.1) is 0 Å². The first-order chi connectivity index (χ1) is 9.24. The molecule has 0 aromatic carbocycles. The molecule has 1 saturated carbocycles. The van der Waals surface area contributed by atoms with Gasteiger partial charge in [0.1, 0.15) is 0 Å². The van der Waals surface area contributed by atoms with Crippen molar-refractivity contribution in [2.45, 2.75) is 57.6 Å². The van der Waals surface area contributed by atoms with E-state index in [0.29, 0.717) is 18.8 Å². The largest absolute Gasteiger partial charge is 0.466 e. The summed E-state index contributed by atoms with van der Waals surface area (Å²) in [6.07, 6.45) is 7.28. The first kappa shape index (κ1) is 14.8. The molecule has 3 atom stereocenters.